The lowest BCUT2D eigenvalue weighted by atomic mass is 9.95. The van der Waals surface area contributed by atoms with Crippen LogP contribution in [-0.2, 0) is 9.59 Å². The zero-order chi connectivity index (χ0) is 19.3. The van der Waals surface area contributed by atoms with E-state index in [1.54, 1.807) is 0 Å². The smallest absolute Gasteiger partial charge is 0.227 e. The minimum absolute atomic E-state index is 0.00546. The van der Waals surface area contributed by atoms with Crippen LogP contribution in [0.5, 0.6) is 0 Å². The van der Waals surface area contributed by atoms with Crippen LogP contribution >= 0.6 is 0 Å². The molecule has 27 heavy (non-hydrogen) atoms. The van der Waals surface area contributed by atoms with E-state index >= 15 is 0 Å². The van der Waals surface area contributed by atoms with Crippen molar-refractivity contribution in [3.63, 3.8) is 0 Å². The van der Waals surface area contributed by atoms with Gasteiger partial charge in [0.2, 0.25) is 11.6 Å². The van der Waals surface area contributed by atoms with Gasteiger partial charge < -0.3 is 14.7 Å². The lowest BCUT2D eigenvalue weighted by Gasteiger charge is -2.21. The lowest BCUT2D eigenvalue weighted by molar-refractivity contribution is -0.117. The summed E-state index contributed by atoms with van der Waals surface area (Å²) in [4.78, 5) is 30.5. The van der Waals surface area contributed by atoms with E-state index in [0.29, 0.717) is 17.1 Å². The third kappa shape index (κ3) is 3.45. The molecule has 140 valence electrons. The predicted octanol–water partition coefficient (Wildman–Crippen LogP) is -0.457. The second-order valence-corrected chi connectivity index (χ2v) is 6.87. The summed E-state index contributed by atoms with van der Waals surface area (Å²) in [6, 6.07) is 2.08. The molecule has 0 spiro atoms. The number of carbonyl (C=O) groups excluding carboxylic acids is 2. The Kier molecular flexibility index (Phi) is 4.24. The molecule has 0 unspecified atom stereocenters. The molecule has 3 saturated heterocycles. The van der Waals surface area contributed by atoms with Gasteiger partial charge in [-0.25, -0.2) is 13.2 Å². The largest absolute Gasteiger partial charge is 0.365 e. The van der Waals surface area contributed by atoms with E-state index in [-0.39, 0.29) is 17.0 Å². The van der Waals surface area contributed by atoms with Crippen LogP contribution in [0.3, 0.4) is 0 Å². The molecule has 0 amide bonds. The topological polar surface area (TPSA) is 43.2 Å². The highest BCUT2D eigenvalue weighted by molar-refractivity contribution is 6.32. The van der Waals surface area contributed by atoms with Crippen LogP contribution in [0.1, 0.15) is 0 Å². The van der Waals surface area contributed by atoms with Gasteiger partial charge in [-0.3, -0.25) is 9.59 Å². The van der Waals surface area contributed by atoms with Gasteiger partial charge in [0.05, 0.1) is 5.70 Å². The van der Waals surface area contributed by atoms with Crippen LogP contribution in [0, 0.1) is 17.5 Å². The normalized spacial score (nSPS) is 20.4. The number of hydrogen-bond donors (Lipinski definition) is 0. The van der Waals surface area contributed by atoms with Crippen LogP contribution in [-0.4, -0.2) is 73.4 Å². The minimum atomic E-state index is -1.40. The maximum Gasteiger partial charge on any atom is 0.227 e. The van der Waals surface area contributed by atoms with Crippen molar-refractivity contribution in [2.45, 2.75) is 0 Å². The molecule has 0 bridgehead atoms. The molecule has 9 heteroatoms. The van der Waals surface area contributed by atoms with Gasteiger partial charge in [-0.1, -0.05) is 11.5 Å². The van der Waals surface area contributed by atoms with Gasteiger partial charge in [-0.2, -0.15) is 0 Å². The Balaban J connectivity index is 0.000000155. The van der Waals surface area contributed by atoms with Crippen molar-refractivity contribution in [2.24, 2.45) is 0 Å². The number of ketones is 2. The summed E-state index contributed by atoms with van der Waals surface area (Å²) < 4.78 is 36.8. The zero-order valence-corrected chi connectivity index (χ0v) is 14.8. The van der Waals surface area contributed by atoms with Crippen molar-refractivity contribution in [2.75, 3.05) is 39.3 Å². The molecule has 1 aromatic rings. The van der Waals surface area contributed by atoms with E-state index in [1.165, 1.54) is 20.0 Å². The Labute approximate surface area is 155 Å². The quantitative estimate of drug-likeness (QED) is 0.310. The second kappa shape index (κ2) is 6.47. The molecule has 1 aliphatic carbocycles. The van der Waals surface area contributed by atoms with Crippen molar-refractivity contribution in [3.05, 3.63) is 52.8 Å². The zero-order valence-electron chi connectivity index (χ0n) is 14.8. The van der Waals surface area contributed by atoms with Crippen LogP contribution in [0.15, 0.2) is 35.3 Å². The molecule has 3 heterocycles. The average Bonchev–Trinajstić information content (AvgIpc) is 3.49. The van der Waals surface area contributed by atoms with E-state index in [4.69, 9.17) is 0 Å². The van der Waals surface area contributed by atoms with Crippen molar-refractivity contribution < 1.29 is 22.8 Å². The Morgan fingerprint density at radius 1 is 0.778 bits per heavy atom. The number of benzene rings is 1. The summed E-state index contributed by atoms with van der Waals surface area (Å²) in [7, 11) is 1.37. The average molecular weight is 375 g/mol. The number of carbonyl (C=O) groups is 2. The number of nitrogens with zero attached hydrogens (tertiary/aromatic N) is 3. The van der Waals surface area contributed by atoms with Crippen molar-refractivity contribution in [3.8, 4) is 0 Å². The van der Waals surface area contributed by atoms with Crippen LogP contribution in [0.4, 0.5) is 13.2 Å². The van der Waals surface area contributed by atoms with Gasteiger partial charge in [0.25, 0.3) is 0 Å². The lowest BCUT2D eigenvalue weighted by Crippen LogP contribution is -2.29. The van der Waals surface area contributed by atoms with Crippen LogP contribution < -0.4 is 5.46 Å². The fourth-order valence-corrected chi connectivity index (χ4v) is 2.90. The van der Waals surface area contributed by atoms with Crippen LogP contribution in [0.25, 0.3) is 0 Å². The Bertz CT molecular complexity index is 876. The number of halogens is 3. The van der Waals surface area contributed by atoms with Crippen molar-refractivity contribution >= 4 is 24.9 Å². The fraction of sp³-hybridized carbons (Fsp3) is 0.333. The first kappa shape index (κ1) is 17.7. The third-order valence-corrected chi connectivity index (χ3v) is 4.72. The molecular weight excluding hydrogens is 358 g/mol. The number of hydrogen-bond acceptors (Lipinski definition) is 5. The first-order valence-electron chi connectivity index (χ1n) is 8.78. The first-order valence-corrected chi connectivity index (χ1v) is 8.78. The molecule has 3 aliphatic heterocycles. The second-order valence-electron chi connectivity index (χ2n) is 6.87. The molecule has 0 radical (unpaired) electrons. The molecule has 4 aliphatic rings. The van der Waals surface area contributed by atoms with Crippen molar-refractivity contribution in [1.29, 1.82) is 0 Å². The number of allylic oxidation sites excluding steroid dienone is 1. The first-order chi connectivity index (χ1) is 12.9. The molecular formula is C18H17BF3N3O2. The van der Waals surface area contributed by atoms with Crippen molar-refractivity contribution in [1.82, 2.24) is 14.7 Å². The van der Waals surface area contributed by atoms with E-state index < -0.39 is 17.5 Å². The molecule has 3 fully saturated rings. The van der Waals surface area contributed by atoms with E-state index in [2.05, 4.69) is 0 Å². The number of Topliss-reactive ketones (excluding diaryl/α,β-unsaturated/α-hetero) is 1. The highest BCUT2D eigenvalue weighted by atomic mass is 19.2. The maximum absolute atomic E-state index is 12.4. The van der Waals surface area contributed by atoms with E-state index in [9.17, 15) is 22.8 Å². The van der Waals surface area contributed by atoms with Gasteiger partial charge >= 0.3 is 0 Å². The number of rotatable bonds is 3. The summed E-state index contributed by atoms with van der Waals surface area (Å²) in [5.41, 5.74) is 2.00. The molecule has 5 rings (SSSR count). The third-order valence-electron chi connectivity index (χ3n) is 4.72. The SMILES string of the molecule is Bc1ccc(F)c(F)c1F.O=C1C=C(N2CC2)C(=O)C(N2CC2)=C1N1CC1. The molecule has 0 N–H and O–H groups in total. The molecule has 0 atom stereocenters. The monoisotopic (exact) mass is 375 g/mol. The van der Waals surface area contributed by atoms with Gasteiger partial charge in [-0.15, -0.1) is 0 Å². The predicted molar refractivity (Wildman–Crippen MR) is 94.3 cm³/mol. The van der Waals surface area contributed by atoms with Gasteiger partial charge in [-0.05, 0) is 6.07 Å². The van der Waals surface area contributed by atoms with Crippen LogP contribution in [0.2, 0.25) is 0 Å². The molecule has 1 aromatic carbocycles. The molecule has 5 nitrogen and oxygen atoms in total. The summed E-state index contributed by atoms with van der Waals surface area (Å²) in [6.07, 6.45) is 1.52. The standard InChI is InChI=1S/C12H13N3O2.C6H4BF3/c16-9-7-8(13-1-2-13)12(17)11(15-5-6-15)10(9)14-3-4-14;7-3-1-2-4(8)6(10)5(3)9/h7H,1-6H2;1-2H,7H2. The summed E-state index contributed by atoms with van der Waals surface area (Å²) in [6.45, 7) is 5.41. The molecule has 0 saturated carbocycles. The Morgan fingerprint density at radius 3 is 1.85 bits per heavy atom. The maximum atomic E-state index is 12.4. The van der Waals surface area contributed by atoms with E-state index in [1.807, 2.05) is 14.7 Å². The summed E-state index contributed by atoms with van der Waals surface area (Å²) in [5, 5.41) is 0. The minimum Gasteiger partial charge on any atom is -0.365 e. The summed E-state index contributed by atoms with van der Waals surface area (Å²) in [5.74, 6) is -3.62. The van der Waals surface area contributed by atoms with Gasteiger partial charge in [0.15, 0.2) is 17.5 Å². The summed E-state index contributed by atoms with van der Waals surface area (Å²) >= 11 is 0. The van der Waals surface area contributed by atoms with Gasteiger partial charge in [0, 0.05) is 45.3 Å². The highest BCUT2D eigenvalue weighted by Gasteiger charge is 2.43. The van der Waals surface area contributed by atoms with Gasteiger partial charge in [0.1, 0.15) is 19.2 Å². The molecule has 0 aromatic heterocycles. The highest BCUT2D eigenvalue weighted by Crippen LogP contribution is 2.33. The Morgan fingerprint density at radius 2 is 1.33 bits per heavy atom. The van der Waals surface area contributed by atoms with E-state index in [0.717, 1.165) is 45.3 Å². The Hall–Kier alpha value is -2.71. The fourth-order valence-electron chi connectivity index (χ4n) is 2.90.